The number of aromatic nitrogens is 3. The number of aryl methyl sites for hydroxylation is 1. The number of nitrogens with zero attached hydrogens (tertiary/aromatic N) is 4. The van der Waals surface area contributed by atoms with Crippen molar-refractivity contribution in [2.75, 3.05) is 4.90 Å². The number of carbonyl (C=O) groups excluding carboxylic acids is 2. The Kier molecular flexibility index (Phi) is 6.37. The number of rotatable bonds is 3. The number of anilines is 1. The van der Waals surface area contributed by atoms with Gasteiger partial charge in [-0.25, -0.2) is 24.0 Å². The Morgan fingerprint density at radius 2 is 1.53 bits per heavy atom. The molecule has 3 aromatic rings. The van der Waals surface area contributed by atoms with Crippen molar-refractivity contribution in [2.45, 2.75) is 59.7 Å². The predicted molar refractivity (Wildman–Crippen MR) is 126 cm³/mol. The summed E-state index contributed by atoms with van der Waals surface area (Å²) in [6.07, 6.45) is -0.443. The highest BCUT2D eigenvalue weighted by molar-refractivity contribution is 6.14. The molecular weight excluding hydrogens is 440 g/mol. The van der Waals surface area contributed by atoms with Gasteiger partial charge in [-0.15, -0.1) is 0 Å². The quantitative estimate of drug-likeness (QED) is 0.563. The normalized spacial score (nSPS) is 11.9. The zero-order valence-electron chi connectivity index (χ0n) is 20.2. The highest BCUT2D eigenvalue weighted by Gasteiger charge is 2.34. The summed E-state index contributed by atoms with van der Waals surface area (Å²) in [6.45, 7) is 11.8. The van der Waals surface area contributed by atoms with Crippen molar-refractivity contribution in [1.29, 1.82) is 0 Å². The van der Waals surface area contributed by atoms with Gasteiger partial charge < -0.3 is 14.6 Å². The van der Waals surface area contributed by atoms with Crippen LogP contribution in [0.25, 0.3) is 16.5 Å². The van der Waals surface area contributed by atoms with Crippen molar-refractivity contribution in [2.24, 2.45) is 0 Å². The van der Waals surface area contributed by atoms with Gasteiger partial charge >= 0.3 is 18.2 Å². The smallest absolute Gasteiger partial charge is 0.425 e. The highest BCUT2D eigenvalue weighted by Crippen LogP contribution is 2.30. The molecule has 1 N–H and O–H groups in total. The number of hydrogen-bond donors (Lipinski definition) is 1. The first-order valence-corrected chi connectivity index (χ1v) is 10.6. The number of aromatic carboxylic acids is 1. The third kappa shape index (κ3) is 5.51. The fraction of sp³-hybridized carbons (Fsp3) is 0.375. The van der Waals surface area contributed by atoms with Crippen LogP contribution in [0.2, 0.25) is 0 Å². The highest BCUT2D eigenvalue weighted by atomic mass is 16.6. The zero-order valence-corrected chi connectivity index (χ0v) is 20.2. The number of ether oxygens (including phenoxy) is 2. The van der Waals surface area contributed by atoms with Gasteiger partial charge in [-0.05, 0) is 78.1 Å². The Morgan fingerprint density at radius 3 is 2.06 bits per heavy atom. The maximum absolute atomic E-state index is 13.1. The first kappa shape index (κ1) is 24.7. The molecule has 1 aromatic carbocycles. The molecule has 0 spiro atoms. The molecule has 34 heavy (non-hydrogen) atoms. The fourth-order valence-corrected chi connectivity index (χ4v) is 3.16. The van der Waals surface area contributed by atoms with Crippen LogP contribution in [0.5, 0.6) is 0 Å². The Balaban J connectivity index is 2.21. The van der Waals surface area contributed by atoms with E-state index in [0.29, 0.717) is 22.2 Å². The van der Waals surface area contributed by atoms with E-state index in [1.807, 2.05) is 0 Å². The summed E-state index contributed by atoms with van der Waals surface area (Å²) >= 11 is 0. The summed E-state index contributed by atoms with van der Waals surface area (Å²) in [7, 11) is 0. The van der Waals surface area contributed by atoms with Crippen LogP contribution >= 0.6 is 0 Å². The molecule has 10 nitrogen and oxygen atoms in total. The molecular formula is C24H28N4O6. The molecule has 0 bridgehead atoms. The van der Waals surface area contributed by atoms with Gasteiger partial charge in [0, 0.05) is 11.6 Å². The van der Waals surface area contributed by atoms with Crippen LogP contribution in [-0.2, 0) is 9.47 Å². The number of carboxylic acid groups (broad SMARTS) is 1. The number of benzene rings is 1. The molecule has 180 valence electrons. The van der Waals surface area contributed by atoms with Gasteiger partial charge in [0.05, 0.1) is 11.4 Å². The van der Waals surface area contributed by atoms with E-state index in [1.165, 1.54) is 16.9 Å². The lowest BCUT2D eigenvalue weighted by atomic mass is 10.1. The maximum atomic E-state index is 13.1. The number of pyridine rings is 1. The second kappa shape index (κ2) is 8.77. The van der Waals surface area contributed by atoms with E-state index in [0.717, 1.165) is 4.90 Å². The second-order valence-electron chi connectivity index (χ2n) is 9.72. The van der Waals surface area contributed by atoms with Crippen LogP contribution in [0.1, 0.15) is 57.7 Å². The first-order valence-electron chi connectivity index (χ1n) is 10.6. The molecule has 2 amide bonds. The molecule has 0 saturated heterocycles. The minimum atomic E-state index is -1.14. The van der Waals surface area contributed by atoms with E-state index in [4.69, 9.17) is 9.47 Å². The number of carboxylic acids is 1. The van der Waals surface area contributed by atoms with E-state index in [9.17, 15) is 19.5 Å². The van der Waals surface area contributed by atoms with E-state index >= 15 is 0 Å². The van der Waals surface area contributed by atoms with Crippen LogP contribution in [-0.4, -0.2) is 49.2 Å². The molecule has 0 saturated carbocycles. The zero-order chi connectivity index (χ0) is 25.4. The van der Waals surface area contributed by atoms with Gasteiger partial charge in [0.1, 0.15) is 11.2 Å². The second-order valence-corrected chi connectivity index (χ2v) is 9.72. The van der Waals surface area contributed by atoms with Crippen LogP contribution in [0.3, 0.4) is 0 Å². The molecule has 2 aromatic heterocycles. The number of fused-ring (bicyclic) bond motifs is 1. The summed E-state index contributed by atoms with van der Waals surface area (Å²) in [4.78, 5) is 42.9. The average Bonchev–Trinajstić information content (AvgIpc) is 3.07. The van der Waals surface area contributed by atoms with E-state index in [1.54, 1.807) is 72.7 Å². The van der Waals surface area contributed by atoms with Gasteiger partial charge in [0.2, 0.25) is 0 Å². The van der Waals surface area contributed by atoms with Crippen molar-refractivity contribution in [3.05, 3.63) is 47.9 Å². The Morgan fingerprint density at radius 1 is 0.941 bits per heavy atom. The van der Waals surface area contributed by atoms with Gasteiger partial charge in [-0.2, -0.15) is 10.00 Å². The van der Waals surface area contributed by atoms with Crippen LogP contribution in [0.4, 0.5) is 15.4 Å². The summed E-state index contributed by atoms with van der Waals surface area (Å²) in [5.41, 5.74) is -0.848. The lowest BCUT2D eigenvalue weighted by molar-refractivity contribution is 0.0428. The molecule has 0 aliphatic heterocycles. The summed E-state index contributed by atoms with van der Waals surface area (Å²) in [5.74, 6) is -1.15. The molecule has 3 rings (SSSR count). The SMILES string of the molecule is Cc1cc(C(=O)O)n(-c2ccc3ccnc(N(C(=O)OC(C)(C)C)C(=O)OC(C)(C)C)c3c2)n1. The summed E-state index contributed by atoms with van der Waals surface area (Å²) in [5, 5.41) is 14.9. The number of carbonyl (C=O) groups is 3. The molecule has 0 radical (unpaired) electrons. The molecule has 2 heterocycles. The molecule has 0 aliphatic rings. The topological polar surface area (TPSA) is 124 Å². The molecule has 0 unspecified atom stereocenters. The van der Waals surface area contributed by atoms with Gasteiger partial charge in [0.15, 0.2) is 11.5 Å². The molecule has 0 atom stereocenters. The summed E-state index contributed by atoms with van der Waals surface area (Å²) < 4.78 is 12.2. The first-order chi connectivity index (χ1) is 15.7. The Labute approximate surface area is 197 Å². The van der Waals surface area contributed by atoms with Crippen molar-refractivity contribution in [1.82, 2.24) is 14.8 Å². The summed E-state index contributed by atoms with van der Waals surface area (Å²) in [6, 6.07) is 8.18. The van der Waals surface area contributed by atoms with Crippen LogP contribution in [0.15, 0.2) is 36.5 Å². The molecule has 0 aliphatic carbocycles. The molecule has 10 heteroatoms. The van der Waals surface area contributed by atoms with Gasteiger partial charge in [-0.1, -0.05) is 6.07 Å². The Bertz CT molecular complexity index is 1240. The lowest BCUT2D eigenvalue weighted by Crippen LogP contribution is -2.44. The van der Waals surface area contributed by atoms with Crippen LogP contribution in [0, 0.1) is 6.92 Å². The monoisotopic (exact) mass is 468 g/mol. The Hall–Kier alpha value is -3.95. The largest absolute Gasteiger partial charge is 0.477 e. The van der Waals surface area contributed by atoms with Crippen molar-refractivity contribution >= 4 is 34.7 Å². The fourth-order valence-electron chi connectivity index (χ4n) is 3.16. The number of imide groups is 1. The maximum Gasteiger partial charge on any atom is 0.425 e. The number of hydrogen-bond acceptors (Lipinski definition) is 7. The predicted octanol–water partition coefficient (Wildman–Crippen LogP) is 5.10. The standard InChI is InChI=1S/C24H28N4O6/c1-14-12-18(20(29)30)28(26-14)16-9-8-15-10-11-25-19(17(15)13-16)27(21(31)33-23(2,3)4)22(32)34-24(5,6)7/h8-13H,1-7H3,(H,29,30). The third-order valence-electron chi connectivity index (χ3n) is 4.39. The average molecular weight is 469 g/mol. The van der Waals surface area contributed by atoms with Crippen molar-refractivity contribution < 1.29 is 29.0 Å². The van der Waals surface area contributed by atoms with E-state index < -0.39 is 29.4 Å². The van der Waals surface area contributed by atoms with E-state index in [2.05, 4.69) is 10.1 Å². The minimum Gasteiger partial charge on any atom is -0.477 e. The number of amides is 2. The van der Waals surface area contributed by atoms with Gasteiger partial charge in [0.25, 0.3) is 0 Å². The lowest BCUT2D eigenvalue weighted by Gasteiger charge is -2.28. The van der Waals surface area contributed by atoms with Crippen molar-refractivity contribution in [3.63, 3.8) is 0 Å². The van der Waals surface area contributed by atoms with Gasteiger partial charge in [-0.3, -0.25) is 0 Å². The van der Waals surface area contributed by atoms with E-state index in [-0.39, 0.29) is 11.5 Å². The third-order valence-corrected chi connectivity index (χ3v) is 4.39. The molecule has 0 fully saturated rings. The minimum absolute atomic E-state index is 0.0106. The van der Waals surface area contributed by atoms with Crippen molar-refractivity contribution in [3.8, 4) is 5.69 Å². The van der Waals surface area contributed by atoms with Crippen LogP contribution < -0.4 is 4.90 Å².